The van der Waals surface area contributed by atoms with Crippen molar-refractivity contribution < 1.29 is 0 Å². The predicted molar refractivity (Wildman–Crippen MR) is 76.7 cm³/mol. The fourth-order valence-corrected chi connectivity index (χ4v) is 2.05. The molecule has 0 bridgehead atoms. The van der Waals surface area contributed by atoms with Gasteiger partial charge in [-0.2, -0.15) is 0 Å². The SMILES string of the molecule is CN(c1cc(NN)nc(-c2ccccc2)n1)C1CC1. The van der Waals surface area contributed by atoms with Crippen LogP contribution in [0.3, 0.4) is 0 Å². The highest BCUT2D eigenvalue weighted by Gasteiger charge is 2.27. The summed E-state index contributed by atoms with van der Waals surface area (Å²) in [5.74, 6) is 7.73. The van der Waals surface area contributed by atoms with Gasteiger partial charge in [0.25, 0.3) is 0 Å². The summed E-state index contributed by atoms with van der Waals surface area (Å²) in [5.41, 5.74) is 3.60. The smallest absolute Gasteiger partial charge is 0.163 e. The van der Waals surface area contributed by atoms with Crippen molar-refractivity contribution in [2.24, 2.45) is 5.84 Å². The fourth-order valence-electron chi connectivity index (χ4n) is 2.05. The molecule has 0 unspecified atom stereocenters. The first-order chi connectivity index (χ1) is 9.28. The minimum Gasteiger partial charge on any atom is -0.357 e. The lowest BCUT2D eigenvalue weighted by Gasteiger charge is -2.18. The van der Waals surface area contributed by atoms with Crippen LogP contribution in [-0.2, 0) is 0 Å². The minimum atomic E-state index is 0.601. The Kier molecular flexibility index (Phi) is 3.05. The van der Waals surface area contributed by atoms with Crippen molar-refractivity contribution in [3.8, 4) is 11.4 Å². The molecule has 5 heteroatoms. The Balaban J connectivity index is 2.02. The predicted octanol–water partition coefficient (Wildman–Crippen LogP) is 2.03. The van der Waals surface area contributed by atoms with Gasteiger partial charge in [-0.3, -0.25) is 0 Å². The first kappa shape index (κ1) is 11.9. The number of rotatable bonds is 4. The van der Waals surface area contributed by atoms with Crippen LogP contribution in [0.1, 0.15) is 12.8 Å². The van der Waals surface area contributed by atoms with Crippen molar-refractivity contribution in [3.63, 3.8) is 0 Å². The van der Waals surface area contributed by atoms with E-state index < -0.39 is 0 Å². The van der Waals surface area contributed by atoms with Crippen LogP contribution in [-0.4, -0.2) is 23.1 Å². The average molecular weight is 255 g/mol. The van der Waals surface area contributed by atoms with Gasteiger partial charge >= 0.3 is 0 Å². The van der Waals surface area contributed by atoms with E-state index in [4.69, 9.17) is 5.84 Å². The Bertz CT molecular complexity index is 565. The van der Waals surface area contributed by atoms with Crippen molar-refractivity contribution in [3.05, 3.63) is 36.4 Å². The van der Waals surface area contributed by atoms with E-state index in [1.165, 1.54) is 12.8 Å². The molecular weight excluding hydrogens is 238 g/mol. The molecule has 2 aromatic rings. The third kappa shape index (κ3) is 2.51. The second-order valence-electron chi connectivity index (χ2n) is 4.79. The summed E-state index contributed by atoms with van der Waals surface area (Å²) in [6.07, 6.45) is 2.46. The Morgan fingerprint density at radius 2 is 1.95 bits per heavy atom. The van der Waals surface area contributed by atoms with Crippen molar-refractivity contribution in [1.29, 1.82) is 0 Å². The number of benzene rings is 1. The third-order valence-electron chi connectivity index (χ3n) is 3.35. The largest absolute Gasteiger partial charge is 0.357 e. The highest BCUT2D eigenvalue weighted by atomic mass is 15.3. The number of hydrogen-bond donors (Lipinski definition) is 2. The molecule has 0 radical (unpaired) electrons. The van der Waals surface area contributed by atoms with Crippen molar-refractivity contribution >= 4 is 11.6 Å². The molecule has 0 saturated heterocycles. The van der Waals surface area contributed by atoms with Gasteiger partial charge in [-0.15, -0.1) is 0 Å². The fraction of sp³-hybridized carbons (Fsp3) is 0.286. The molecule has 1 fully saturated rings. The van der Waals surface area contributed by atoms with E-state index in [0.717, 1.165) is 11.4 Å². The Labute approximate surface area is 112 Å². The standard InChI is InChI=1S/C14H17N5/c1-19(11-7-8-11)13-9-12(18-15)16-14(17-13)10-5-3-2-4-6-10/h2-6,9,11H,7-8,15H2,1H3,(H,16,17,18). The lowest BCUT2D eigenvalue weighted by atomic mass is 10.2. The number of nitrogens with one attached hydrogen (secondary N) is 1. The molecule has 19 heavy (non-hydrogen) atoms. The summed E-state index contributed by atoms with van der Waals surface area (Å²) in [7, 11) is 2.06. The molecule has 0 aliphatic heterocycles. The zero-order chi connectivity index (χ0) is 13.2. The van der Waals surface area contributed by atoms with Crippen LogP contribution in [0.25, 0.3) is 11.4 Å². The zero-order valence-corrected chi connectivity index (χ0v) is 10.9. The van der Waals surface area contributed by atoms with E-state index in [9.17, 15) is 0 Å². The molecule has 98 valence electrons. The van der Waals surface area contributed by atoms with Crippen molar-refractivity contribution in [1.82, 2.24) is 9.97 Å². The number of hydrazine groups is 1. The van der Waals surface area contributed by atoms with E-state index in [0.29, 0.717) is 17.7 Å². The van der Waals surface area contributed by atoms with Gasteiger partial charge in [-0.25, -0.2) is 15.8 Å². The van der Waals surface area contributed by atoms with Crippen molar-refractivity contribution in [2.75, 3.05) is 17.4 Å². The van der Waals surface area contributed by atoms with Gasteiger partial charge < -0.3 is 10.3 Å². The molecule has 0 spiro atoms. The molecule has 1 aliphatic rings. The van der Waals surface area contributed by atoms with E-state index in [2.05, 4.69) is 27.3 Å². The lowest BCUT2D eigenvalue weighted by molar-refractivity contribution is 0.887. The van der Waals surface area contributed by atoms with Gasteiger partial charge in [-0.1, -0.05) is 30.3 Å². The maximum Gasteiger partial charge on any atom is 0.163 e. The van der Waals surface area contributed by atoms with Crippen LogP contribution in [0.2, 0.25) is 0 Å². The minimum absolute atomic E-state index is 0.601. The van der Waals surface area contributed by atoms with E-state index >= 15 is 0 Å². The number of hydrogen-bond acceptors (Lipinski definition) is 5. The molecule has 0 atom stereocenters. The Morgan fingerprint density at radius 3 is 2.58 bits per heavy atom. The lowest BCUT2D eigenvalue weighted by Crippen LogP contribution is -2.22. The second-order valence-corrected chi connectivity index (χ2v) is 4.79. The maximum absolute atomic E-state index is 5.50. The summed E-state index contributed by atoms with van der Waals surface area (Å²) in [6, 6.07) is 12.4. The second kappa shape index (κ2) is 4.85. The summed E-state index contributed by atoms with van der Waals surface area (Å²) in [4.78, 5) is 11.2. The molecule has 3 N–H and O–H groups in total. The van der Waals surface area contributed by atoms with Crippen LogP contribution in [0, 0.1) is 0 Å². The van der Waals surface area contributed by atoms with Crippen LogP contribution in [0.15, 0.2) is 36.4 Å². The van der Waals surface area contributed by atoms with Crippen LogP contribution in [0.4, 0.5) is 11.6 Å². The van der Waals surface area contributed by atoms with E-state index in [1.54, 1.807) is 0 Å². The average Bonchev–Trinajstić information content (AvgIpc) is 3.31. The normalized spacial score (nSPS) is 14.2. The molecule has 5 nitrogen and oxygen atoms in total. The maximum atomic E-state index is 5.50. The van der Waals surface area contributed by atoms with Gasteiger partial charge in [0.1, 0.15) is 11.6 Å². The quantitative estimate of drug-likeness (QED) is 0.646. The van der Waals surface area contributed by atoms with Crippen LogP contribution in [0.5, 0.6) is 0 Å². The highest BCUT2D eigenvalue weighted by Crippen LogP contribution is 2.31. The number of anilines is 2. The summed E-state index contributed by atoms with van der Waals surface area (Å²) in [5, 5.41) is 0. The molecule has 1 aromatic carbocycles. The number of aromatic nitrogens is 2. The first-order valence-electron chi connectivity index (χ1n) is 6.42. The number of nitrogens with zero attached hydrogens (tertiary/aromatic N) is 3. The number of nitrogen functional groups attached to an aromatic ring is 1. The third-order valence-corrected chi connectivity index (χ3v) is 3.35. The van der Waals surface area contributed by atoms with Crippen molar-refractivity contribution in [2.45, 2.75) is 18.9 Å². The summed E-state index contributed by atoms with van der Waals surface area (Å²) >= 11 is 0. The zero-order valence-electron chi connectivity index (χ0n) is 10.9. The highest BCUT2D eigenvalue weighted by molar-refractivity contribution is 5.61. The first-order valence-corrected chi connectivity index (χ1v) is 6.42. The van der Waals surface area contributed by atoms with Gasteiger partial charge in [0.05, 0.1) is 0 Å². The molecule has 1 aromatic heterocycles. The number of nitrogens with two attached hydrogens (primary N) is 1. The summed E-state index contributed by atoms with van der Waals surface area (Å²) in [6.45, 7) is 0. The van der Waals surface area contributed by atoms with Gasteiger partial charge in [0.15, 0.2) is 5.82 Å². The molecular formula is C14H17N5. The monoisotopic (exact) mass is 255 g/mol. The Hall–Kier alpha value is -2.14. The topological polar surface area (TPSA) is 67.1 Å². The van der Waals surface area contributed by atoms with Gasteiger partial charge in [0, 0.05) is 24.7 Å². The molecule has 3 rings (SSSR count). The van der Waals surface area contributed by atoms with Crippen LogP contribution >= 0.6 is 0 Å². The Morgan fingerprint density at radius 1 is 1.21 bits per heavy atom. The summed E-state index contributed by atoms with van der Waals surface area (Å²) < 4.78 is 0. The van der Waals surface area contributed by atoms with E-state index in [1.807, 2.05) is 36.4 Å². The van der Waals surface area contributed by atoms with E-state index in [-0.39, 0.29) is 0 Å². The molecule has 1 aliphatic carbocycles. The molecule has 0 amide bonds. The van der Waals surface area contributed by atoms with Gasteiger partial charge in [0.2, 0.25) is 0 Å². The van der Waals surface area contributed by atoms with Crippen LogP contribution < -0.4 is 16.2 Å². The molecule has 1 saturated carbocycles. The van der Waals surface area contributed by atoms with Gasteiger partial charge in [-0.05, 0) is 12.8 Å². The molecule has 1 heterocycles.